The zero-order chi connectivity index (χ0) is 10.6. The number of alkyl halides is 2. The van der Waals surface area contributed by atoms with Gasteiger partial charge in [0.2, 0.25) is 12.3 Å². The maximum absolute atomic E-state index is 12.4. The summed E-state index contributed by atoms with van der Waals surface area (Å²) >= 11 is 0. The molecule has 2 nitrogen and oxygen atoms in total. The van der Waals surface area contributed by atoms with Gasteiger partial charge in [-0.15, -0.1) is 0 Å². The molecule has 0 aliphatic rings. The molecule has 0 aliphatic heterocycles. The van der Waals surface area contributed by atoms with E-state index in [0.29, 0.717) is 18.1 Å². The molecule has 78 valence electrons. The summed E-state index contributed by atoms with van der Waals surface area (Å²) in [4.78, 5) is 3.90. The van der Waals surface area contributed by atoms with Crippen molar-refractivity contribution in [1.29, 1.82) is 0 Å². The van der Waals surface area contributed by atoms with E-state index in [1.165, 1.54) is 13.1 Å². The minimum absolute atomic E-state index is 0.400. The molecule has 1 unspecified atom stereocenters. The Morgan fingerprint density at radius 1 is 1.50 bits per heavy atom. The van der Waals surface area contributed by atoms with Gasteiger partial charge in [-0.3, -0.25) is 0 Å². The maximum atomic E-state index is 12.4. The van der Waals surface area contributed by atoms with Crippen molar-refractivity contribution in [1.82, 2.24) is 4.98 Å². The van der Waals surface area contributed by atoms with E-state index in [4.69, 9.17) is 4.74 Å². The first kappa shape index (κ1) is 10.9. The summed E-state index contributed by atoms with van der Waals surface area (Å²) in [6.45, 7) is 3.79. The zero-order valence-electron chi connectivity index (χ0n) is 8.21. The highest BCUT2D eigenvalue weighted by Crippen LogP contribution is 2.24. The van der Waals surface area contributed by atoms with E-state index in [1.807, 2.05) is 6.92 Å². The Hall–Kier alpha value is -1.19. The summed E-state index contributed by atoms with van der Waals surface area (Å²) in [6.07, 6.45) is -0.869. The Morgan fingerprint density at radius 3 is 2.79 bits per heavy atom. The smallest absolute Gasteiger partial charge is 0.245 e. The SMILES string of the molecule is CCOc1cc(C(C)C(F)F)ccn1. The van der Waals surface area contributed by atoms with Crippen LogP contribution in [0.15, 0.2) is 18.3 Å². The number of rotatable bonds is 4. The van der Waals surface area contributed by atoms with Crippen LogP contribution in [0.3, 0.4) is 0 Å². The molecule has 0 saturated carbocycles. The number of aromatic nitrogens is 1. The van der Waals surface area contributed by atoms with Gasteiger partial charge in [0.15, 0.2) is 0 Å². The molecule has 0 bridgehead atoms. The van der Waals surface area contributed by atoms with Gasteiger partial charge >= 0.3 is 0 Å². The number of pyridine rings is 1. The molecule has 0 aliphatic carbocycles. The Kier molecular flexibility index (Phi) is 3.80. The number of ether oxygens (including phenoxy) is 1. The molecular weight excluding hydrogens is 188 g/mol. The second-order valence-corrected chi connectivity index (χ2v) is 2.98. The number of hydrogen-bond donors (Lipinski definition) is 0. The highest BCUT2D eigenvalue weighted by Gasteiger charge is 2.17. The Labute approximate surface area is 81.9 Å². The summed E-state index contributed by atoms with van der Waals surface area (Å²) in [7, 11) is 0. The predicted octanol–water partition coefficient (Wildman–Crippen LogP) is 2.85. The molecule has 1 aromatic rings. The molecule has 0 spiro atoms. The van der Waals surface area contributed by atoms with Gasteiger partial charge in [0.1, 0.15) is 0 Å². The molecule has 0 aromatic carbocycles. The topological polar surface area (TPSA) is 22.1 Å². The predicted molar refractivity (Wildman–Crippen MR) is 49.8 cm³/mol. The van der Waals surface area contributed by atoms with Crippen molar-refractivity contribution in [2.45, 2.75) is 26.2 Å². The van der Waals surface area contributed by atoms with E-state index < -0.39 is 12.3 Å². The number of hydrogen-bond acceptors (Lipinski definition) is 2. The fourth-order valence-corrected chi connectivity index (χ4v) is 1.08. The fraction of sp³-hybridized carbons (Fsp3) is 0.500. The summed E-state index contributed by atoms with van der Waals surface area (Å²) < 4.78 is 29.9. The van der Waals surface area contributed by atoms with Crippen molar-refractivity contribution in [2.75, 3.05) is 6.61 Å². The summed E-state index contributed by atoms with van der Waals surface area (Å²) in [5.74, 6) is -0.380. The Bertz CT molecular complexity index is 291. The van der Waals surface area contributed by atoms with Crippen LogP contribution >= 0.6 is 0 Å². The first-order valence-corrected chi connectivity index (χ1v) is 4.52. The van der Waals surface area contributed by atoms with Gasteiger partial charge in [-0.25, -0.2) is 13.8 Å². The van der Waals surface area contributed by atoms with Crippen LogP contribution in [-0.4, -0.2) is 18.0 Å². The van der Waals surface area contributed by atoms with E-state index in [1.54, 1.807) is 12.1 Å². The number of halogens is 2. The third-order valence-corrected chi connectivity index (χ3v) is 1.95. The lowest BCUT2D eigenvalue weighted by molar-refractivity contribution is 0.121. The summed E-state index contributed by atoms with van der Waals surface area (Å²) in [5.41, 5.74) is 0.554. The van der Waals surface area contributed by atoms with Gasteiger partial charge in [0.25, 0.3) is 0 Å². The van der Waals surface area contributed by atoms with E-state index in [0.717, 1.165) is 0 Å². The van der Waals surface area contributed by atoms with Crippen LogP contribution in [0.1, 0.15) is 25.3 Å². The molecule has 1 rings (SSSR count). The third kappa shape index (κ3) is 2.65. The molecule has 1 heterocycles. The minimum atomic E-state index is -2.35. The van der Waals surface area contributed by atoms with Gasteiger partial charge in [0, 0.05) is 18.2 Å². The van der Waals surface area contributed by atoms with E-state index >= 15 is 0 Å². The van der Waals surface area contributed by atoms with Gasteiger partial charge in [-0.05, 0) is 18.6 Å². The van der Waals surface area contributed by atoms with Gasteiger partial charge < -0.3 is 4.74 Å². The van der Waals surface area contributed by atoms with E-state index in [-0.39, 0.29) is 0 Å². The lowest BCUT2D eigenvalue weighted by Crippen LogP contribution is -2.05. The van der Waals surface area contributed by atoms with Crippen molar-refractivity contribution >= 4 is 0 Å². The van der Waals surface area contributed by atoms with Crippen LogP contribution in [0.25, 0.3) is 0 Å². The molecule has 14 heavy (non-hydrogen) atoms. The molecule has 0 amide bonds. The lowest BCUT2D eigenvalue weighted by atomic mass is 10.0. The summed E-state index contributed by atoms with van der Waals surface area (Å²) in [5, 5.41) is 0. The monoisotopic (exact) mass is 201 g/mol. The van der Waals surface area contributed by atoms with Crippen molar-refractivity contribution in [3.8, 4) is 5.88 Å². The van der Waals surface area contributed by atoms with Crippen LogP contribution < -0.4 is 4.74 Å². The van der Waals surface area contributed by atoms with E-state index in [2.05, 4.69) is 4.98 Å². The lowest BCUT2D eigenvalue weighted by Gasteiger charge is -2.11. The average molecular weight is 201 g/mol. The van der Waals surface area contributed by atoms with Crippen molar-refractivity contribution in [2.24, 2.45) is 0 Å². The quantitative estimate of drug-likeness (QED) is 0.747. The van der Waals surface area contributed by atoms with Crippen molar-refractivity contribution in [3.63, 3.8) is 0 Å². The molecule has 4 heteroatoms. The van der Waals surface area contributed by atoms with Gasteiger partial charge in [0.05, 0.1) is 6.61 Å². The molecule has 0 fully saturated rings. The molecule has 0 saturated heterocycles. The average Bonchev–Trinajstić information content (AvgIpc) is 2.17. The Morgan fingerprint density at radius 2 is 2.21 bits per heavy atom. The van der Waals surface area contributed by atoms with Crippen molar-refractivity contribution in [3.05, 3.63) is 23.9 Å². The van der Waals surface area contributed by atoms with Crippen LogP contribution in [0, 0.1) is 0 Å². The molecule has 0 N–H and O–H groups in total. The number of nitrogens with zero attached hydrogens (tertiary/aromatic N) is 1. The van der Waals surface area contributed by atoms with Crippen molar-refractivity contribution < 1.29 is 13.5 Å². The first-order chi connectivity index (χ1) is 6.65. The highest BCUT2D eigenvalue weighted by atomic mass is 19.3. The summed E-state index contributed by atoms with van der Waals surface area (Å²) in [6, 6.07) is 3.14. The molecule has 0 radical (unpaired) electrons. The zero-order valence-corrected chi connectivity index (χ0v) is 8.21. The second-order valence-electron chi connectivity index (χ2n) is 2.98. The van der Waals surface area contributed by atoms with Crippen LogP contribution in [0.5, 0.6) is 5.88 Å². The second kappa shape index (κ2) is 4.88. The van der Waals surface area contributed by atoms with Crippen LogP contribution in [0.2, 0.25) is 0 Å². The van der Waals surface area contributed by atoms with E-state index in [9.17, 15) is 8.78 Å². The fourth-order valence-electron chi connectivity index (χ4n) is 1.08. The minimum Gasteiger partial charge on any atom is -0.478 e. The van der Waals surface area contributed by atoms with Crippen LogP contribution in [0.4, 0.5) is 8.78 Å². The maximum Gasteiger partial charge on any atom is 0.245 e. The standard InChI is InChI=1S/C10H13F2NO/c1-3-14-9-6-8(4-5-13-9)7(2)10(11)12/h4-7,10H,3H2,1-2H3. The van der Waals surface area contributed by atoms with Gasteiger partial charge in [-0.1, -0.05) is 6.92 Å². The Balaban J connectivity index is 2.82. The molecular formula is C10H13F2NO. The van der Waals surface area contributed by atoms with Gasteiger partial charge in [-0.2, -0.15) is 0 Å². The third-order valence-electron chi connectivity index (χ3n) is 1.95. The molecule has 1 aromatic heterocycles. The van der Waals surface area contributed by atoms with Crippen LogP contribution in [-0.2, 0) is 0 Å². The normalized spacial score (nSPS) is 12.9. The first-order valence-electron chi connectivity index (χ1n) is 4.52. The highest BCUT2D eigenvalue weighted by molar-refractivity contribution is 5.24. The largest absolute Gasteiger partial charge is 0.478 e. The molecule has 1 atom stereocenters.